The second kappa shape index (κ2) is 21.4. The molecule has 0 amide bonds. The van der Waals surface area contributed by atoms with Crippen LogP contribution >= 0.6 is 0 Å². The van der Waals surface area contributed by atoms with Gasteiger partial charge in [-0.3, -0.25) is 15.1 Å². The van der Waals surface area contributed by atoms with E-state index in [9.17, 15) is 25.2 Å². The lowest BCUT2D eigenvalue weighted by atomic mass is 9.97. The Morgan fingerprint density at radius 3 is 2.57 bits per heavy atom. The lowest BCUT2D eigenvalue weighted by molar-refractivity contribution is -0.114. The number of methoxy groups -OCH3 is 1. The number of phenolic OH excluding ortho intramolecular Hbond substituents is 3. The number of phenols is 3. The molecule has 3 unspecified atom stereocenters. The monoisotopic (exact) mass is 797 g/mol. The molecule has 0 aliphatic heterocycles. The number of aliphatic hydroxyl groups is 1. The predicted molar refractivity (Wildman–Crippen MR) is 228 cm³/mol. The maximum Gasteiger partial charge on any atom is 0.192 e. The summed E-state index contributed by atoms with van der Waals surface area (Å²) < 4.78 is 17.8. The highest BCUT2D eigenvalue weighted by Gasteiger charge is 2.41. The number of rotatable bonds is 22. The minimum atomic E-state index is -0.566. The first kappa shape index (κ1) is 43.8. The van der Waals surface area contributed by atoms with Crippen LogP contribution in [0.25, 0.3) is 10.8 Å². The van der Waals surface area contributed by atoms with Crippen LogP contribution in [0, 0.1) is 5.92 Å². The minimum absolute atomic E-state index is 0.00161. The van der Waals surface area contributed by atoms with E-state index in [1.807, 2.05) is 49.5 Å². The van der Waals surface area contributed by atoms with E-state index in [0.29, 0.717) is 81.6 Å². The summed E-state index contributed by atoms with van der Waals surface area (Å²) in [5.74, 6) is 1.48. The number of benzene rings is 4. The van der Waals surface area contributed by atoms with Gasteiger partial charge in [0.05, 0.1) is 25.6 Å². The normalized spacial score (nSPS) is 17.5. The molecule has 1 saturated carbocycles. The number of ether oxygens (including phenoxy) is 3. The van der Waals surface area contributed by atoms with Crippen LogP contribution in [0.2, 0.25) is 0 Å². The van der Waals surface area contributed by atoms with E-state index in [1.165, 1.54) is 7.11 Å². The molecule has 312 valence electrons. The Bertz CT molecular complexity index is 2040. The fourth-order valence-electron chi connectivity index (χ4n) is 7.53. The Kier molecular flexibility index (Phi) is 16.2. The molecule has 0 spiro atoms. The average molecular weight is 798 g/mol. The number of fused-ring (bicyclic) bond motifs is 1. The van der Waals surface area contributed by atoms with Crippen molar-refractivity contribution in [1.29, 1.82) is 0 Å². The molecule has 58 heavy (non-hydrogen) atoms. The number of allylic oxidation sites excluding steroid dienone is 2. The number of carbonyl (C=O) groups excluding carboxylic acids is 1. The molecule has 1 fully saturated rings. The first-order valence-corrected chi connectivity index (χ1v) is 19.9. The standard InChI is InChI=1S/C45H59N5O8/c1-47-28-45(18-16-31(26-45)17-19-57-29-49-27-38(53)21-33-8-11-35-25-37(52)14-12-34(35)20-33)58-42-24-32(22-39(43(42)55)50-44(46)48-2)6-4-5-7-36(51)13-9-30-10-15-40(54)41(23-30)56-3/h5,7-8,10-12,14-15,20,22-25,31,38,47,49,52-55H,4,6,9,13,16-19,21,26-29H2,1-3H3,(H3,46,48,50). The number of carbonyl (C=O) groups is 1. The number of nitrogens with two attached hydrogens (primary N) is 1. The number of aliphatic hydroxyl groups excluding tert-OH is 1. The Morgan fingerprint density at radius 1 is 1.00 bits per heavy atom. The lowest BCUT2D eigenvalue weighted by Crippen LogP contribution is -2.42. The molecule has 5 rings (SSSR count). The van der Waals surface area contributed by atoms with Crippen molar-refractivity contribution in [3.8, 4) is 28.7 Å². The highest BCUT2D eigenvalue weighted by atomic mass is 16.5. The molecule has 0 radical (unpaired) electrons. The van der Waals surface area contributed by atoms with Gasteiger partial charge in [-0.1, -0.05) is 36.4 Å². The number of nitrogens with zero attached hydrogens (tertiary/aromatic N) is 1. The summed E-state index contributed by atoms with van der Waals surface area (Å²) in [6.45, 7) is 1.89. The number of hydrogen-bond donors (Lipinski definition) is 8. The van der Waals surface area contributed by atoms with Crippen LogP contribution in [0.5, 0.6) is 28.7 Å². The van der Waals surface area contributed by atoms with Gasteiger partial charge in [0.15, 0.2) is 34.7 Å². The van der Waals surface area contributed by atoms with Crippen molar-refractivity contribution in [2.45, 2.75) is 69.5 Å². The largest absolute Gasteiger partial charge is 0.508 e. The zero-order valence-corrected chi connectivity index (χ0v) is 33.8. The number of nitrogens with one attached hydrogen (secondary N) is 3. The molecule has 4 aromatic carbocycles. The molecule has 0 bridgehead atoms. The van der Waals surface area contributed by atoms with Crippen LogP contribution < -0.4 is 31.2 Å². The molecule has 1 aliphatic carbocycles. The highest BCUT2D eigenvalue weighted by molar-refractivity contribution is 5.94. The van der Waals surface area contributed by atoms with Gasteiger partial charge in [0.1, 0.15) is 11.4 Å². The maximum absolute atomic E-state index is 12.6. The summed E-state index contributed by atoms with van der Waals surface area (Å²) in [5.41, 5.74) is 8.66. The van der Waals surface area contributed by atoms with E-state index in [-0.39, 0.29) is 29.0 Å². The summed E-state index contributed by atoms with van der Waals surface area (Å²) in [6, 6.07) is 20.0. The van der Waals surface area contributed by atoms with Crippen molar-refractivity contribution in [3.63, 3.8) is 0 Å². The Balaban J connectivity index is 1.10. The molecule has 0 aromatic heterocycles. The van der Waals surface area contributed by atoms with Gasteiger partial charge in [-0.05, 0) is 134 Å². The van der Waals surface area contributed by atoms with Crippen LogP contribution in [0.4, 0.5) is 5.69 Å². The maximum atomic E-state index is 12.6. The number of likely N-dealkylation sites (N-methyl/N-ethyl adjacent to an activating group) is 1. The fourth-order valence-corrected chi connectivity index (χ4v) is 7.53. The SMILES string of the molecule is CN=C(N)Nc1cc(CCC=CC(=O)CCc2ccc(O)c(OC)c2)cc(OC2(CNC)CCC(CCOCNCC(O)Cc3ccc4cc(O)ccc4c3)C2)c1O. The molecular formula is C45H59N5O8. The number of aryl methyl sites for hydroxylation is 2. The molecular weight excluding hydrogens is 739 g/mol. The van der Waals surface area contributed by atoms with Crippen LogP contribution in [-0.4, -0.2) is 91.5 Å². The van der Waals surface area contributed by atoms with E-state index in [1.54, 1.807) is 43.5 Å². The van der Waals surface area contributed by atoms with Crippen molar-refractivity contribution >= 4 is 28.2 Å². The quantitative estimate of drug-likeness (QED) is 0.0121. The van der Waals surface area contributed by atoms with Crippen molar-refractivity contribution < 1.29 is 39.4 Å². The van der Waals surface area contributed by atoms with Crippen LogP contribution in [0.3, 0.4) is 0 Å². The third-order valence-electron chi connectivity index (χ3n) is 10.6. The van der Waals surface area contributed by atoms with Crippen molar-refractivity contribution in [2.24, 2.45) is 16.6 Å². The molecule has 13 nitrogen and oxygen atoms in total. The number of ketones is 1. The Labute approximate surface area is 340 Å². The molecule has 3 atom stereocenters. The summed E-state index contributed by atoms with van der Waals surface area (Å²) >= 11 is 0. The second-order valence-electron chi connectivity index (χ2n) is 15.1. The van der Waals surface area contributed by atoms with Gasteiger partial charge in [-0.15, -0.1) is 0 Å². The first-order valence-electron chi connectivity index (χ1n) is 19.9. The minimum Gasteiger partial charge on any atom is -0.508 e. The van der Waals surface area contributed by atoms with Gasteiger partial charge in [0, 0.05) is 33.2 Å². The predicted octanol–water partition coefficient (Wildman–Crippen LogP) is 5.71. The van der Waals surface area contributed by atoms with Crippen molar-refractivity contribution in [1.82, 2.24) is 10.6 Å². The first-order chi connectivity index (χ1) is 28.0. The third kappa shape index (κ3) is 12.8. The van der Waals surface area contributed by atoms with Crippen LogP contribution in [-0.2, 0) is 28.8 Å². The van der Waals surface area contributed by atoms with Crippen LogP contribution in [0.15, 0.2) is 83.9 Å². The van der Waals surface area contributed by atoms with E-state index in [4.69, 9.17) is 19.9 Å². The zero-order valence-electron chi connectivity index (χ0n) is 33.8. The molecule has 4 aromatic rings. The van der Waals surface area contributed by atoms with E-state index >= 15 is 0 Å². The van der Waals surface area contributed by atoms with Gasteiger partial charge < -0.3 is 51.0 Å². The van der Waals surface area contributed by atoms with Gasteiger partial charge in [0.25, 0.3) is 0 Å². The molecule has 9 N–H and O–H groups in total. The van der Waals surface area contributed by atoms with Gasteiger partial charge in [0.2, 0.25) is 0 Å². The van der Waals surface area contributed by atoms with Gasteiger partial charge >= 0.3 is 0 Å². The number of anilines is 1. The number of aromatic hydroxyl groups is 3. The highest BCUT2D eigenvalue weighted by Crippen LogP contribution is 2.44. The fraction of sp³-hybridized carbons (Fsp3) is 0.422. The molecule has 0 saturated heterocycles. The van der Waals surface area contributed by atoms with Crippen molar-refractivity contribution in [3.05, 3.63) is 95.6 Å². The Hall–Kier alpha value is -5.34. The summed E-state index contributed by atoms with van der Waals surface area (Å²) in [4.78, 5) is 16.6. The molecule has 1 aliphatic rings. The lowest BCUT2D eigenvalue weighted by Gasteiger charge is -2.31. The number of aliphatic imine (C=N–C) groups is 1. The summed E-state index contributed by atoms with van der Waals surface area (Å²) in [5, 5.41) is 52.9. The number of hydrogen-bond acceptors (Lipinski definition) is 11. The van der Waals surface area contributed by atoms with Crippen LogP contribution in [0.1, 0.15) is 55.2 Å². The summed E-state index contributed by atoms with van der Waals surface area (Å²) in [7, 11) is 4.95. The number of guanidine groups is 1. The van der Waals surface area contributed by atoms with Gasteiger partial charge in [-0.2, -0.15) is 0 Å². The van der Waals surface area contributed by atoms with E-state index < -0.39 is 11.7 Å². The van der Waals surface area contributed by atoms with Gasteiger partial charge in [-0.25, -0.2) is 0 Å². The third-order valence-corrected chi connectivity index (χ3v) is 10.6. The zero-order chi connectivity index (χ0) is 41.5. The molecule has 0 heterocycles. The molecule has 13 heteroatoms. The average Bonchev–Trinajstić information content (AvgIpc) is 3.61. The Morgan fingerprint density at radius 2 is 1.78 bits per heavy atom. The van der Waals surface area contributed by atoms with Crippen molar-refractivity contribution in [2.75, 3.05) is 52.9 Å². The summed E-state index contributed by atoms with van der Waals surface area (Å²) in [6.07, 6.45) is 8.81. The smallest absolute Gasteiger partial charge is 0.192 e. The van der Waals surface area contributed by atoms with E-state index in [0.717, 1.165) is 53.1 Å². The second-order valence-corrected chi connectivity index (χ2v) is 15.1. The van der Waals surface area contributed by atoms with E-state index in [2.05, 4.69) is 20.9 Å². The topological polar surface area (TPSA) is 200 Å².